The summed E-state index contributed by atoms with van der Waals surface area (Å²) in [5.74, 6) is 0.0931. The van der Waals surface area contributed by atoms with Crippen molar-refractivity contribution in [2.75, 3.05) is 0 Å². The van der Waals surface area contributed by atoms with Gasteiger partial charge in [0.25, 0.3) is 5.56 Å². The second-order valence-electron chi connectivity index (χ2n) is 7.32. The fourth-order valence-corrected chi connectivity index (χ4v) is 3.97. The average Bonchev–Trinajstić information content (AvgIpc) is 3.10. The van der Waals surface area contributed by atoms with E-state index in [1.165, 1.54) is 4.68 Å². The second kappa shape index (κ2) is 7.02. The highest BCUT2D eigenvalue weighted by molar-refractivity contribution is 6.02. The molecule has 1 aliphatic carbocycles. The van der Waals surface area contributed by atoms with E-state index in [-0.39, 0.29) is 17.3 Å². The van der Waals surface area contributed by atoms with E-state index in [1.54, 1.807) is 6.20 Å². The van der Waals surface area contributed by atoms with Crippen LogP contribution in [0.4, 0.5) is 0 Å². The number of nitrogens with zero attached hydrogens (tertiary/aromatic N) is 2. The van der Waals surface area contributed by atoms with Crippen molar-refractivity contribution in [2.24, 2.45) is 5.92 Å². The van der Waals surface area contributed by atoms with Gasteiger partial charge in [0.2, 0.25) is 0 Å². The van der Waals surface area contributed by atoms with Gasteiger partial charge in [-0.25, -0.2) is 9.67 Å². The molecule has 5 nitrogen and oxygen atoms in total. The lowest BCUT2D eigenvalue weighted by Crippen LogP contribution is -2.22. The van der Waals surface area contributed by atoms with Crippen LogP contribution in [0.5, 0.6) is 0 Å². The smallest absolute Gasteiger partial charge is 0.281 e. The summed E-state index contributed by atoms with van der Waals surface area (Å²) in [6, 6.07) is 19.4. The number of hydrogen-bond acceptors (Lipinski definition) is 3. The van der Waals surface area contributed by atoms with Crippen LogP contribution in [-0.4, -0.2) is 20.5 Å². The van der Waals surface area contributed by atoms with Crippen molar-refractivity contribution in [3.63, 3.8) is 0 Å². The molecule has 29 heavy (non-hydrogen) atoms. The van der Waals surface area contributed by atoms with Crippen LogP contribution in [-0.2, 0) is 6.42 Å². The van der Waals surface area contributed by atoms with Gasteiger partial charge in [-0.05, 0) is 35.6 Å². The molecule has 0 aliphatic heterocycles. The van der Waals surface area contributed by atoms with Crippen LogP contribution in [0, 0.1) is 5.92 Å². The monoisotopic (exact) mass is 381 g/mol. The predicted octanol–water partition coefficient (Wildman–Crippen LogP) is 4.17. The number of Topliss-reactive ketones (excluding diaryl/α,β-unsaturated/α-hetero) is 1. The zero-order chi connectivity index (χ0) is 19.8. The first kappa shape index (κ1) is 17.4. The third-order valence-corrected chi connectivity index (χ3v) is 5.41. The molecule has 0 saturated carbocycles. The topological polar surface area (TPSA) is 67.8 Å². The summed E-state index contributed by atoms with van der Waals surface area (Å²) in [5.41, 5.74) is 3.54. The highest BCUT2D eigenvalue weighted by Gasteiger charge is 2.28. The number of para-hydroxylation sites is 1. The van der Waals surface area contributed by atoms with Gasteiger partial charge in [-0.1, -0.05) is 60.7 Å². The number of rotatable bonds is 3. The lowest BCUT2D eigenvalue weighted by atomic mass is 9.82. The zero-order valence-electron chi connectivity index (χ0n) is 15.7. The highest BCUT2D eigenvalue weighted by atomic mass is 16.1. The summed E-state index contributed by atoms with van der Waals surface area (Å²) in [6.45, 7) is 0. The minimum absolute atomic E-state index is 0.0372. The standard InChI is InChI=1S/C24H19N3O2/c28-21-14-17(12-11-16-7-3-1-4-8-16)13-19-20(21)15-25-23-22(19)24(29)27(26-23)18-9-5-2-6-10-18/h1-12,15,17H,13-14H2,(H,25,26)/b12-11+/t17-/m0/s1. The molecule has 5 heteroatoms. The molecule has 1 aliphatic rings. The third-order valence-electron chi connectivity index (χ3n) is 5.41. The van der Waals surface area contributed by atoms with Gasteiger partial charge in [0.05, 0.1) is 11.1 Å². The Hall–Kier alpha value is -3.73. The Morgan fingerprint density at radius 2 is 1.69 bits per heavy atom. The number of benzene rings is 2. The number of allylic oxidation sites excluding steroid dienone is 1. The van der Waals surface area contributed by atoms with E-state index in [9.17, 15) is 9.59 Å². The number of fused-ring (bicyclic) bond motifs is 3. The Balaban J connectivity index is 1.58. The van der Waals surface area contributed by atoms with Gasteiger partial charge in [0.15, 0.2) is 11.4 Å². The van der Waals surface area contributed by atoms with Gasteiger partial charge in [0, 0.05) is 18.2 Å². The largest absolute Gasteiger partial charge is 0.294 e. The number of aromatic nitrogens is 3. The fraction of sp³-hybridized carbons (Fsp3) is 0.125. The molecule has 1 atom stereocenters. The maximum atomic E-state index is 13.2. The van der Waals surface area contributed by atoms with E-state index >= 15 is 0 Å². The SMILES string of the molecule is O=C1C[C@@H](/C=C/c2ccccc2)Cc2c1cnc1[nH]n(-c3ccccc3)c(=O)c21. The van der Waals surface area contributed by atoms with Crippen molar-refractivity contribution < 1.29 is 4.79 Å². The second-order valence-corrected chi connectivity index (χ2v) is 7.32. The number of carbonyl (C=O) groups excluding carboxylic acids is 1. The Morgan fingerprint density at radius 1 is 0.966 bits per heavy atom. The summed E-state index contributed by atoms with van der Waals surface area (Å²) < 4.78 is 1.49. The van der Waals surface area contributed by atoms with E-state index < -0.39 is 0 Å². The molecular formula is C24H19N3O2. The van der Waals surface area contributed by atoms with Gasteiger partial charge in [-0.2, -0.15) is 0 Å². The van der Waals surface area contributed by atoms with Gasteiger partial charge in [0.1, 0.15) is 0 Å². The summed E-state index contributed by atoms with van der Waals surface area (Å²) in [4.78, 5) is 30.3. The Bertz CT molecular complexity index is 1280. The first-order valence-electron chi connectivity index (χ1n) is 9.65. The average molecular weight is 381 g/mol. The third kappa shape index (κ3) is 3.10. The van der Waals surface area contributed by atoms with E-state index in [1.807, 2.05) is 66.7 Å². The molecule has 2 heterocycles. The summed E-state index contributed by atoms with van der Waals surface area (Å²) in [6.07, 6.45) is 6.79. The van der Waals surface area contributed by atoms with Crippen molar-refractivity contribution >= 4 is 22.9 Å². The molecule has 0 spiro atoms. The van der Waals surface area contributed by atoms with E-state index in [0.717, 1.165) is 16.8 Å². The van der Waals surface area contributed by atoms with Crippen molar-refractivity contribution in [3.8, 4) is 5.69 Å². The molecule has 4 aromatic rings. The molecular weight excluding hydrogens is 362 g/mol. The predicted molar refractivity (Wildman–Crippen MR) is 113 cm³/mol. The molecule has 0 saturated heterocycles. The Kier molecular flexibility index (Phi) is 4.21. The van der Waals surface area contributed by atoms with Crippen LogP contribution in [0.1, 0.15) is 27.9 Å². The Labute approximate surface area is 167 Å². The quantitative estimate of drug-likeness (QED) is 0.579. The van der Waals surface area contributed by atoms with Crippen LogP contribution in [0.15, 0.2) is 77.7 Å². The van der Waals surface area contributed by atoms with Crippen LogP contribution in [0.2, 0.25) is 0 Å². The molecule has 2 aromatic heterocycles. The van der Waals surface area contributed by atoms with Crippen molar-refractivity contribution in [2.45, 2.75) is 12.8 Å². The number of nitrogens with one attached hydrogen (secondary N) is 1. The number of aromatic amines is 1. The minimum Gasteiger partial charge on any atom is -0.294 e. The van der Waals surface area contributed by atoms with Crippen LogP contribution in [0.25, 0.3) is 22.8 Å². The van der Waals surface area contributed by atoms with E-state index in [4.69, 9.17) is 0 Å². The number of H-pyrrole nitrogens is 1. The lowest BCUT2D eigenvalue weighted by molar-refractivity contribution is 0.0959. The fourth-order valence-electron chi connectivity index (χ4n) is 3.97. The number of carbonyl (C=O) groups is 1. The molecule has 0 amide bonds. The lowest BCUT2D eigenvalue weighted by Gasteiger charge is -2.21. The first-order chi connectivity index (χ1) is 14.2. The normalized spacial score (nSPS) is 16.4. The molecule has 0 fully saturated rings. The number of ketones is 1. The van der Waals surface area contributed by atoms with Crippen molar-refractivity contribution in [3.05, 3.63) is 100.0 Å². The molecule has 0 bridgehead atoms. The van der Waals surface area contributed by atoms with Crippen molar-refractivity contribution in [1.29, 1.82) is 0 Å². The van der Waals surface area contributed by atoms with Crippen LogP contribution >= 0.6 is 0 Å². The Morgan fingerprint density at radius 3 is 2.45 bits per heavy atom. The van der Waals surface area contributed by atoms with Crippen LogP contribution < -0.4 is 5.56 Å². The molecule has 5 rings (SSSR count). The first-order valence-corrected chi connectivity index (χ1v) is 9.65. The minimum atomic E-state index is -0.170. The molecule has 142 valence electrons. The maximum Gasteiger partial charge on any atom is 0.281 e. The van der Waals surface area contributed by atoms with E-state index in [2.05, 4.69) is 16.2 Å². The van der Waals surface area contributed by atoms with Gasteiger partial charge in [-0.15, -0.1) is 0 Å². The highest BCUT2D eigenvalue weighted by Crippen LogP contribution is 2.30. The number of hydrogen-bond donors (Lipinski definition) is 1. The van der Waals surface area contributed by atoms with Crippen molar-refractivity contribution in [1.82, 2.24) is 14.8 Å². The molecule has 1 N–H and O–H groups in total. The van der Waals surface area contributed by atoms with Gasteiger partial charge < -0.3 is 0 Å². The molecule has 0 unspecified atom stereocenters. The van der Waals surface area contributed by atoms with Gasteiger partial charge in [-0.3, -0.25) is 14.7 Å². The van der Waals surface area contributed by atoms with Gasteiger partial charge >= 0.3 is 0 Å². The molecule has 0 radical (unpaired) electrons. The summed E-state index contributed by atoms with van der Waals surface area (Å²) >= 11 is 0. The zero-order valence-corrected chi connectivity index (χ0v) is 15.7. The number of pyridine rings is 1. The maximum absolute atomic E-state index is 13.2. The van der Waals surface area contributed by atoms with E-state index in [0.29, 0.717) is 29.4 Å². The van der Waals surface area contributed by atoms with Crippen LogP contribution in [0.3, 0.4) is 0 Å². The molecule has 2 aromatic carbocycles. The summed E-state index contributed by atoms with van der Waals surface area (Å²) in [7, 11) is 0. The summed E-state index contributed by atoms with van der Waals surface area (Å²) in [5, 5.41) is 3.59.